The first-order valence-corrected chi connectivity index (χ1v) is 6.22. The van der Waals surface area contributed by atoms with Crippen LogP contribution < -0.4 is 5.73 Å². The topological polar surface area (TPSA) is 75.8 Å². The third-order valence-corrected chi connectivity index (χ3v) is 2.93. The number of methoxy groups -OCH3 is 1. The number of ether oxygens (including phenoxy) is 1. The predicted octanol–water partition coefficient (Wildman–Crippen LogP) is 1.11. The van der Waals surface area contributed by atoms with Crippen LogP contribution in [0.1, 0.15) is 10.4 Å². The van der Waals surface area contributed by atoms with E-state index in [0.29, 0.717) is 11.3 Å². The number of halogens is 1. The molecule has 0 radical (unpaired) electrons. The zero-order chi connectivity index (χ0) is 13.7. The fourth-order valence-corrected chi connectivity index (χ4v) is 1.96. The van der Waals surface area contributed by atoms with Crippen molar-refractivity contribution in [3.05, 3.63) is 28.2 Å². The van der Waals surface area contributed by atoms with E-state index in [4.69, 9.17) is 10.5 Å². The smallest absolute Gasteiger partial charge is 0.255 e. The number of aliphatic hydroxyl groups excluding tert-OH is 1. The molecule has 1 aromatic rings. The van der Waals surface area contributed by atoms with Crippen LogP contribution in [0.15, 0.2) is 22.7 Å². The monoisotopic (exact) mass is 316 g/mol. The van der Waals surface area contributed by atoms with Gasteiger partial charge in [-0.15, -0.1) is 0 Å². The van der Waals surface area contributed by atoms with Gasteiger partial charge in [-0.2, -0.15) is 0 Å². The Kier molecular flexibility index (Phi) is 5.58. The Bertz CT molecular complexity index is 426. The number of hydrogen-bond acceptors (Lipinski definition) is 4. The van der Waals surface area contributed by atoms with Crippen LogP contribution in [0.4, 0.5) is 5.69 Å². The first-order chi connectivity index (χ1) is 8.45. The molecule has 0 aliphatic carbocycles. The highest BCUT2D eigenvalue weighted by Gasteiger charge is 2.17. The second-order valence-corrected chi connectivity index (χ2v) is 4.94. The number of aliphatic hydroxyl groups is 1. The van der Waals surface area contributed by atoms with Gasteiger partial charge in [-0.25, -0.2) is 0 Å². The Labute approximate surface area is 115 Å². The molecule has 1 amide bonds. The van der Waals surface area contributed by atoms with Crippen molar-refractivity contribution < 1.29 is 14.6 Å². The summed E-state index contributed by atoms with van der Waals surface area (Å²) in [5.41, 5.74) is 6.61. The van der Waals surface area contributed by atoms with E-state index in [0.717, 1.165) is 4.47 Å². The van der Waals surface area contributed by atoms with E-state index in [1.165, 1.54) is 12.0 Å². The van der Waals surface area contributed by atoms with Gasteiger partial charge in [0.15, 0.2) is 0 Å². The van der Waals surface area contributed by atoms with Crippen molar-refractivity contribution in [2.24, 2.45) is 0 Å². The number of rotatable bonds is 5. The first-order valence-electron chi connectivity index (χ1n) is 5.43. The van der Waals surface area contributed by atoms with Crippen molar-refractivity contribution in [1.29, 1.82) is 0 Å². The maximum atomic E-state index is 12.1. The minimum atomic E-state index is -0.708. The van der Waals surface area contributed by atoms with Gasteiger partial charge in [0.2, 0.25) is 0 Å². The van der Waals surface area contributed by atoms with Crippen LogP contribution in [0.5, 0.6) is 0 Å². The number of likely N-dealkylation sites (N-methyl/N-ethyl adjacent to an activating group) is 1. The van der Waals surface area contributed by atoms with Gasteiger partial charge >= 0.3 is 0 Å². The molecule has 18 heavy (non-hydrogen) atoms. The summed E-state index contributed by atoms with van der Waals surface area (Å²) in [6, 6.07) is 5.08. The summed E-state index contributed by atoms with van der Waals surface area (Å²) < 4.78 is 5.63. The van der Waals surface area contributed by atoms with Crippen molar-refractivity contribution in [3.63, 3.8) is 0 Å². The van der Waals surface area contributed by atoms with E-state index in [-0.39, 0.29) is 19.1 Å². The molecule has 0 aliphatic heterocycles. The lowest BCUT2D eigenvalue weighted by atomic mass is 10.1. The van der Waals surface area contributed by atoms with Crippen LogP contribution in [0.2, 0.25) is 0 Å². The number of carbonyl (C=O) groups excluding carboxylic acids is 1. The van der Waals surface area contributed by atoms with Gasteiger partial charge in [-0.05, 0) is 18.2 Å². The molecule has 0 saturated carbocycles. The Balaban J connectivity index is 2.74. The van der Waals surface area contributed by atoms with E-state index >= 15 is 0 Å². The molecule has 0 bridgehead atoms. The minimum absolute atomic E-state index is 0.188. The number of nitrogens with two attached hydrogens (primary N) is 1. The van der Waals surface area contributed by atoms with Crippen molar-refractivity contribution in [2.75, 3.05) is 33.0 Å². The Morgan fingerprint density at radius 3 is 2.83 bits per heavy atom. The highest BCUT2D eigenvalue weighted by molar-refractivity contribution is 9.10. The normalized spacial score (nSPS) is 12.2. The molecule has 100 valence electrons. The van der Waals surface area contributed by atoms with Crippen LogP contribution >= 0.6 is 15.9 Å². The molecule has 1 aromatic carbocycles. The lowest BCUT2D eigenvalue weighted by molar-refractivity contribution is 0.0380. The molecule has 0 aromatic heterocycles. The predicted molar refractivity (Wildman–Crippen MR) is 73.4 cm³/mol. The first kappa shape index (κ1) is 14.9. The minimum Gasteiger partial charge on any atom is -0.398 e. The number of anilines is 1. The molecule has 0 aliphatic rings. The summed E-state index contributed by atoms with van der Waals surface area (Å²) in [6.45, 7) is 0.385. The second kappa shape index (κ2) is 6.72. The zero-order valence-corrected chi connectivity index (χ0v) is 12.0. The standard InChI is InChI=1S/C12H17BrN2O3/c1-15(6-9(16)7-18-2)12(17)10-4-3-8(13)5-11(10)14/h3-5,9,16H,6-7,14H2,1-2H3. The van der Waals surface area contributed by atoms with Crippen molar-refractivity contribution in [3.8, 4) is 0 Å². The number of amides is 1. The summed E-state index contributed by atoms with van der Waals surface area (Å²) in [4.78, 5) is 13.5. The van der Waals surface area contributed by atoms with Crippen LogP contribution in [-0.4, -0.2) is 49.3 Å². The van der Waals surface area contributed by atoms with Gasteiger partial charge in [0.1, 0.15) is 0 Å². The third-order valence-electron chi connectivity index (χ3n) is 2.43. The fraction of sp³-hybridized carbons (Fsp3) is 0.417. The molecule has 0 saturated heterocycles. The molecule has 1 atom stereocenters. The molecule has 0 heterocycles. The lowest BCUT2D eigenvalue weighted by Crippen LogP contribution is -2.36. The van der Waals surface area contributed by atoms with Crippen LogP contribution in [0.25, 0.3) is 0 Å². The van der Waals surface area contributed by atoms with E-state index < -0.39 is 6.10 Å². The van der Waals surface area contributed by atoms with E-state index in [1.54, 1.807) is 25.2 Å². The molecule has 3 N–H and O–H groups in total. The van der Waals surface area contributed by atoms with Gasteiger partial charge in [0.05, 0.1) is 18.3 Å². The largest absolute Gasteiger partial charge is 0.398 e. The summed E-state index contributed by atoms with van der Waals surface area (Å²) in [7, 11) is 3.11. The SMILES string of the molecule is COCC(O)CN(C)C(=O)c1ccc(Br)cc1N. The number of hydrogen-bond donors (Lipinski definition) is 2. The molecular formula is C12H17BrN2O3. The zero-order valence-electron chi connectivity index (χ0n) is 10.4. The quantitative estimate of drug-likeness (QED) is 0.798. The van der Waals surface area contributed by atoms with Gasteiger partial charge < -0.3 is 20.5 Å². The van der Waals surface area contributed by atoms with E-state index in [1.807, 2.05) is 0 Å². The van der Waals surface area contributed by atoms with Crippen molar-refractivity contribution in [1.82, 2.24) is 4.90 Å². The highest BCUT2D eigenvalue weighted by Crippen LogP contribution is 2.19. The Morgan fingerprint density at radius 1 is 1.61 bits per heavy atom. The maximum Gasteiger partial charge on any atom is 0.255 e. The molecule has 5 nitrogen and oxygen atoms in total. The highest BCUT2D eigenvalue weighted by atomic mass is 79.9. The molecule has 6 heteroatoms. The van der Waals surface area contributed by atoms with Gasteiger partial charge in [0.25, 0.3) is 5.91 Å². The lowest BCUT2D eigenvalue weighted by Gasteiger charge is -2.21. The summed E-state index contributed by atoms with van der Waals surface area (Å²) >= 11 is 3.28. The van der Waals surface area contributed by atoms with Crippen molar-refractivity contribution >= 4 is 27.5 Å². The third kappa shape index (κ3) is 3.97. The molecule has 1 unspecified atom stereocenters. The van der Waals surface area contributed by atoms with E-state index in [9.17, 15) is 9.90 Å². The van der Waals surface area contributed by atoms with E-state index in [2.05, 4.69) is 15.9 Å². The van der Waals surface area contributed by atoms with Gasteiger partial charge in [-0.3, -0.25) is 4.79 Å². The molecular weight excluding hydrogens is 300 g/mol. The van der Waals surface area contributed by atoms with Gasteiger partial charge in [-0.1, -0.05) is 15.9 Å². The molecule has 0 fully saturated rings. The summed E-state index contributed by atoms with van der Waals surface area (Å²) in [5, 5.41) is 9.57. The van der Waals surface area contributed by atoms with Crippen LogP contribution in [0.3, 0.4) is 0 Å². The van der Waals surface area contributed by atoms with Crippen LogP contribution in [-0.2, 0) is 4.74 Å². The van der Waals surface area contributed by atoms with Crippen LogP contribution in [0, 0.1) is 0 Å². The Morgan fingerprint density at radius 2 is 2.28 bits per heavy atom. The fourth-order valence-electron chi connectivity index (χ4n) is 1.58. The summed E-state index contributed by atoms with van der Waals surface area (Å²) in [6.07, 6.45) is -0.708. The van der Waals surface area contributed by atoms with Crippen molar-refractivity contribution in [2.45, 2.75) is 6.10 Å². The number of benzene rings is 1. The number of nitrogen functional groups attached to an aromatic ring is 1. The van der Waals surface area contributed by atoms with Gasteiger partial charge in [0, 0.05) is 30.9 Å². The number of nitrogens with zero attached hydrogens (tertiary/aromatic N) is 1. The Hall–Kier alpha value is -1.11. The molecule has 1 rings (SSSR count). The summed E-state index contributed by atoms with van der Waals surface area (Å²) in [5.74, 6) is -0.227. The molecule has 0 spiro atoms. The average Bonchev–Trinajstić information content (AvgIpc) is 2.28. The average molecular weight is 317 g/mol. The number of carbonyl (C=O) groups is 1. The maximum absolute atomic E-state index is 12.1. The second-order valence-electron chi connectivity index (χ2n) is 4.03.